The summed E-state index contributed by atoms with van der Waals surface area (Å²) in [6.45, 7) is 1.62. The van der Waals surface area contributed by atoms with Crippen LogP contribution in [-0.2, 0) is 14.8 Å². The molecule has 1 atom stereocenters. The first-order valence-corrected chi connectivity index (χ1v) is 10.6. The number of carbonyl (C=O) groups excluding carboxylic acids is 1. The molecule has 25 heavy (non-hydrogen) atoms. The Hall–Kier alpha value is -1.76. The molecular weight excluding hydrogens is 340 g/mol. The van der Waals surface area contributed by atoms with E-state index in [2.05, 4.69) is 5.32 Å². The van der Waals surface area contributed by atoms with Crippen LogP contribution in [-0.4, -0.2) is 39.8 Å². The second-order valence-electron chi connectivity index (χ2n) is 6.63. The van der Waals surface area contributed by atoms with Crippen LogP contribution in [0.4, 0.5) is 5.69 Å². The van der Waals surface area contributed by atoms with Crippen molar-refractivity contribution in [3.63, 3.8) is 0 Å². The third kappa shape index (κ3) is 5.36. The number of rotatable bonds is 6. The number of sulfonamides is 1. The molecule has 2 rings (SSSR count). The number of amides is 1. The Balaban J connectivity index is 2.17. The van der Waals surface area contributed by atoms with E-state index < -0.39 is 16.1 Å². The number of hydrogen-bond donors (Lipinski definition) is 1. The van der Waals surface area contributed by atoms with Crippen LogP contribution in [0.25, 0.3) is 0 Å². The van der Waals surface area contributed by atoms with Crippen molar-refractivity contribution in [3.05, 3.63) is 24.3 Å². The van der Waals surface area contributed by atoms with Crippen LogP contribution in [0, 0.1) is 0 Å². The number of methoxy groups -OCH3 is 1. The number of carbonyl (C=O) groups is 1. The minimum atomic E-state index is -3.60. The molecule has 1 fully saturated rings. The Labute approximate surface area is 150 Å². The van der Waals surface area contributed by atoms with Crippen LogP contribution >= 0.6 is 0 Å². The topological polar surface area (TPSA) is 75.7 Å². The predicted molar refractivity (Wildman–Crippen MR) is 99.4 cm³/mol. The van der Waals surface area contributed by atoms with Crippen LogP contribution < -0.4 is 14.4 Å². The molecule has 1 N–H and O–H groups in total. The Kier molecular flexibility index (Phi) is 6.70. The minimum absolute atomic E-state index is 0.134. The quantitative estimate of drug-likeness (QED) is 0.783. The van der Waals surface area contributed by atoms with Crippen molar-refractivity contribution in [1.29, 1.82) is 0 Å². The predicted octanol–water partition coefficient (Wildman–Crippen LogP) is 2.69. The molecule has 0 aliphatic heterocycles. The highest BCUT2D eigenvalue weighted by molar-refractivity contribution is 7.92. The first-order valence-electron chi connectivity index (χ1n) is 8.77. The summed E-state index contributed by atoms with van der Waals surface area (Å²) < 4.78 is 30.9. The van der Waals surface area contributed by atoms with Crippen molar-refractivity contribution in [3.8, 4) is 5.75 Å². The third-order valence-corrected chi connectivity index (χ3v) is 5.86. The van der Waals surface area contributed by atoms with E-state index in [1.165, 1.54) is 17.1 Å². The van der Waals surface area contributed by atoms with Crippen molar-refractivity contribution in [2.45, 2.75) is 57.5 Å². The largest absolute Gasteiger partial charge is 0.497 e. The van der Waals surface area contributed by atoms with Crippen molar-refractivity contribution in [2.24, 2.45) is 0 Å². The maximum absolute atomic E-state index is 12.7. The van der Waals surface area contributed by atoms with Crippen LogP contribution in [0.1, 0.15) is 45.4 Å². The van der Waals surface area contributed by atoms with Crippen molar-refractivity contribution in [1.82, 2.24) is 5.32 Å². The summed E-state index contributed by atoms with van der Waals surface area (Å²) in [6, 6.07) is 5.98. The minimum Gasteiger partial charge on any atom is -0.497 e. The zero-order chi connectivity index (χ0) is 18.4. The molecule has 1 aliphatic carbocycles. The molecule has 1 aromatic carbocycles. The number of nitrogens with zero attached hydrogens (tertiary/aromatic N) is 1. The van der Waals surface area contributed by atoms with Crippen molar-refractivity contribution in [2.75, 3.05) is 17.7 Å². The van der Waals surface area contributed by atoms with Gasteiger partial charge in [0.2, 0.25) is 15.9 Å². The number of benzene rings is 1. The summed E-state index contributed by atoms with van der Waals surface area (Å²) >= 11 is 0. The standard InChI is InChI=1S/C18H28N2O4S/c1-14(18(21)19-15-8-6-4-5-7-9-15)20(25(3,22)23)16-10-12-17(24-2)13-11-16/h10-15H,4-9H2,1-3H3,(H,19,21)/t14-/m1/s1. The monoisotopic (exact) mass is 368 g/mol. The van der Waals surface area contributed by atoms with Gasteiger partial charge in [-0.25, -0.2) is 8.42 Å². The van der Waals surface area contributed by atoms with Gasteiger partial charge in [0, 0.05) is 6.04 Å². The first-order chi connectivity index (χ1) is 11.8. The summed E-state index contributed by atoms with van der Waals surface area (Å²) in [4.78, 5) is 12.7. The van der Waals surface area contributed by atoms with Gasteiger partial charge in [-0.1, -0.05) is 25.7 Å². The lowest BCUT2D eigenvalue weighted by molar-refractivity contribution is -0.122. The molecule has 0 spiro atoms. The number of nitrogens with one attached hydrogen (secondary N) is 1. The van der Waals surface area contributed by atoms with Crippen LogP contribution in [0.15, 0.2) is 24.3 Å². The fourth-order valence-corrected chi connectivity index (χ4v) is 4.46. The molecule has 0 radical (unpaired) electrons. The second kappa shape index (κ2) is 8.56. The summed E-state index contributed by atoms with van der Waals surface area (Å²) in [5, 5.41) is 3.03. The van der Waals surface area contributed by atoms with E-state index in [0.29, 0.717) is 11.4 Å². The molecule has 0 unspecified atom stereocenters. The summed E-state index contributed by atoms with van der Waals surface area (Å²) in [7, 11) is -2.05. The lowest BCUT2D eigenvalue weighted by Gasteiger charge is -2.29. The maximum Gasteiger partial charge on any atom is 0.243 e. The second-order valence-corrected chi connectivity index (χ2v) is 8.49. The van der Waals surface area contributed by atoms with Gasteiger partial charge in [0.1, 0.15) is 11.8 Å². The Morgan fingerprint density at radius 1 is 1.16 bits per heavy atom. The Morgan fingerprint density at radius 3 is 2.20 bits per heavy atom. The highest BCUT2D eigenvalue weighted by atomic mass is 32.2. The van der Waals surface area contributed by atoms with Gasteiger partial charge in [0.25, 0.3) is 0 Å². The number of ether oxygens (including phenoxy) is 1. The van der Waals surface area contributed by atoms with Crippen molar-refractivity contribution >= 4 is 21.6 Å². The average Bonchev–Trinajstić information content (AvgIpc) is 2.83. The zero-order valence-electron chi connectivity index (χ0n) is 15.2. The molecule has 0 bridgehead atoms. The lowest BCUT2D eigenvalue weighted by atomic mass is 10.1. The molecule has 1 aromatic rings. The average molecular weight is 368 g/mol. The molecular formula is C18H28N2O4S. The molecule has 0 aromatic heterocycles. The fraction of sp³-hybridized carbons (Fsp3) is 0.611. The van der Waals surface area contributed by atoms with Gasteiger partial charge in [-0.15, -0.1) is 0 Å². The van der Waals surface area contributed by atoms with E-state index >= 15 is 0 Å². The van der Waals surface area contributed by atoms with Gasteiger partial charge in [-0.05, 0) is 44.0 Å². The van der Waals surface area contributed by atoms with E-state index in [1.54, 1.807) is 38.3 Å². The molecule has 7 heteroatoms. The van der Waals surface area contributed by atoms with E-state index in [0.717, 1.165) is 31.9 Å². The molecule has 0 heterocycles. The summed E-state index contributed by atoms with van der Waals surface area (Å²) in [5.74, 6) is 0.376. The van der Waals surface area contributed by atoms with E-state index in [1.807, 2.05) is 0 Å². The van der Waals surface area contributed by atoms with Gasteiger partial charge in [-0.2, -0.15) is 0 Å². The molecule has 1 aliphatic rings. The van der Waals surface area contributed by atoms with E-state index in [-0.39, 0.29) is 11.9 Å². The van der Waals surface area contributed by atoms with Crippen LogP contribution in [0.3, 0.4) is 0 Å². The zero-order valence-corrected chi connectivity index (χ0v) is 16.0. The van der Waals surface area contributed by atoms with E-state index in [4.69, 9.17) is 4.74 Å². The fourth-order valence-electron chi connectivity index (χ4n) is 3.28. The normalized spacial score (nSPS) is 17.4. The molecule has 6 nitrogen and oxygen atoms in total. The Bertz CT molecular complexity index is 665. The van der Waals surface area contributed by atoms with Crippen molar-refractivity contribution < 1.29 is 17.9 Å². The third-order valence-electron chi connectivity index (χ3n) is 4.62. The maximum atomic E-state index is 12.7. The van der Waals surface area contributed by atoms with Gasteiger partial charge in [-0.3, -0.25) is 9.10 Å². The highest BCUT2D eigenvalue weighted by Crippen LogP contribution is 2.24. The molecule has 1 amide bonds. The van der Waals surface area contributed by atoms with Crippen LogP contribution in [0.5, 0.6) is 5.75 Å². The summed E-state index contributed by atoms with van der Waals surface area (Å²) in [6.07, 6.45) is 7.64. The van der Waals surface area contributed by atoms with Gasteiger partial charge < -0.3 is 10.1 Å². The Morgan fingerprint density at radius 2 is 1.72 bits per heavy atom. The SMILES string of the molecule is COc1ccc(N([C@H](C)C(=O)NC2CCCCCC2)S(C)(=O)=O)cc1. The number of anilines is 1. The van der Waals surface area contributed by atoms with Gasteiger partial charge in [0.15, 0.2) is 0 Å². The van der Waals surface area contributed by atoms with E-state index in [9.17, 15) is 13.2 Å². The molecule has 1 saturated carbocycles. The molecule has 140 valence electrons. The smallest absolute Gasteiger partial charge is 0.243 e. The van der Waals surface area contributed by atoms with Crippen LogP contribution in [0.2, 0.25) is 0 Å². The summed E-state index contributed by atoms with van der Waals surface area (Å²) in [5.41, 5.74) is 0.451. The van der Waals surface area contributed by atoms with Gasteiger partial charge in [0.05, 0.1) is 19.1 Å². The molecule has 0 saturated heterocycles. The first kappa shape index (κ1) is 19.6. The number of hydrogen-bond acceptors (Lipinski definition) is 4. The van der Waals surface area contributed by atoms with Gasteiger partial charge >= 0.3 is 0 Å². The highest BCUT2D eigenvalue weighted by Gasteiger charge is 2.30. The lowest BCUT2D eigenvalue weighted by Crippen LogP contribution is -2.50.